The second-order valence-corrected chi connectivity index (χ2v) is 6.82. The minimum atomic E-state index is -1.67. The van der Waals surface area contributed by atoms with Gasteiger partial charge in [-0.1, -0.05) is 48.5 Å². The van der Waals surface area contributed by atoms with Crippen LogP contribution in [-0.4, -0.2) is 11.7 Å². The summed E-state index contributed by atoms with van der Waals surface area (Å²) < 4.78 is 0. The predicted octanol–water partition coefficient (Wildman–Crippen LogP) is 3.06. The van der Waals surface area contributed by atoms with Crippen molar-refractivity contribution in [3.8, 4) is 12.1 Å². The average Bonchev–Trinajstić information content (AvgIpc) is 2.95. The molecule has 1 heterocycles. The summed E-state index contributed by atoms with van der Waals surface area (Å²) in [4.78, 5) is 25.8. The van der Waals surface area contributed by atoms with Gasteiger partial charge in [0.15, 0.2) is 5.41 Å². The van der Waals surface area contributed by atoms with Crippen LogP contribution in [0.2, 0.25) is 0 Å². The van der Waals surface area contributed by atoms with E-state index in [1.807, 2.05) is 18.2 Å². The topological polar surface area (TPSA) is 93.8 Å². The van der Waals surface area contributed by atoms with E-state index in [9.17, 15) is 20.1 Å². The molecule has 0 bridgehead atoms. The van der Waals surface area contributed by atoms with Gasteiger partial charge in [-0.05, 0) is 17.2 Å². The number of nitrogens with zero attached hydrogens (tertiary/aromatic N) is 2. The number of nitrogens with one attached hydrogen (secondary N) is 1. The van der Waals surface area contributed by atoms with Gasteiger partial charge in [-0.2, -0.15) is 10.5 Å². The molecule has 1 aliphatic carbocycles. The first-order chi connectivity index (χ1) is 12.6. The second-order valence-electron chi connectivity index (χ2n) is 6.82. The van der Waals surface area contributed by atoms with Crippen LogP contribution >= 0.6 is 0 Å². The fraction of sp³-hybridized carbons (Fsp3) is 0.238. The predicted molar refractivity (Wildman–Crippen MR) is 93.8 cm³/mol. The van der Waals surface area contributed by atoms with Crippen LogP contribution in [0.4, 0.5) is 5.69 Å². The first-order valence-electron chi connectivity index (χ1n) is 8.39. The lowest BCUT2D eigenvalue weighted by atomic mass is 9.49. The van der Waals surface area contributed by atoms with Gasteiger partial charge >= 0.3 is 0 Å². The van der Waals surface area contributed by atoms with Gasteiger partial charge in [0, 0.05) is 24.4 Å². The quantitative estimate of drug-likeness (QED) is 0.862. The van der Waals surface area contributed by atoms with E-state index >= 15 is 0 Å². The van der Waals surface area contributed by atoms with E-state index in [0.717, 1.165) is 5.56 Å². The third kappa shape index (κ3) is 1.83. The Morgan fingerprint density at radius 2 is 1.62 bits per heavy atom. The van der Waals surface area contributed by atoms with Crippen LogP contribution in [0.25, 0.3) is 0 Å². The Morgan fingerprint density at radius 3 is 2.31 bits per heavy atom. The standard InChI is InChI=1S/C21H15N3O2/c22-12-20(13-23)17(14-6-2-1-3-7-14)10-15(25)11-21(20)16-8-4-5-9-18(16)24-19(21)26/h1-9,17H,10-11H2,(H,24,26). The number of Topliss-reactive ketones (excluding diaryl/α,β-unsaturated/α-hetero) is 1. The molecule has 4 rings (SSSR count). The van der Waals surface area contributed by atoms with Gasteiger partial charge in [0.05, 0.1) is 12.1 Å². The molecule has 126 valence electrons. The lowest BCUT2D eigenvalue weighted by Crippen LogP contribution is -2.56. The lowest BCUT2D eigenvalue weighted by molar-refractivity contribution is -0.134. The highest BCUT2D eigenvalue weighted by Crippen LogP contribution is 2.60. The molecule has 1 N–H and O–H groups in total. The Morgan fingerprint density at radius 1 is 0.962 bits per heavy atom. The lowest BCUT2D eigenvalue weighted by Gasteiger charge is -2.46. The fourth-order valence-corrected chi connectivity index (χ4v) is 4.49. The Balaban J connectivity index is 2.04. The van der Waals surface area contributed by atoms with Crippen LogP contribution in [0.5, 0.6) is 0 Å². The van der Waals surface area contributed by atoms with Crippen LogP contribution in [0, 0.1) is 28.1 Å². The normalized spacial score (nSPS) is 25.8. The van der Waals surface area contributed by atoms with Crippen molar-refractivity contribution in [1.82, 2.24) is 0 Å². The van der Waals surface area contributed by atoms with Gasteiger partial charge in [-0.15, -0.1) is 0 Å². The average molecular weight is 341 g/mol. The first kappa shape index (κ1) is 16.1. The van der Waals surface area contributed by atoms with Crippen molar-refractivity contribution in [2.75, 3.05) is 5.32 Å². The Labute approximate surface area is 150 Å². The molecule has 2 aliphatic rings. The van der Waals surface area contributed by atoms with Crippen LogP contribution < -0.4 is 5.32 Å². The summed E-state index contributed by atoms with van der Waals surface area (Å²) in [6.07, 6.45) is -0.0668. The maximum Gasteiger partial charge on any atom is 0.238 e. The number of rotatable bonds is 1. The number of benzene rings is 2. The molecule has 2 aromatic rings. The summed E-state index contributed by atoms with van der Waals surface area (Å²) in [7, 11) is 0. The van der Waals surface area contributed by atoms with Gasteiger partial charge < -0.3 is 5.32 Å². The zero-order valence-corrected chi connectivity index (χ0v) is 13.9. The fourth-order valence-electron chi connectivity index (χ4n) is 4.49. The monoisotopic (exact) mass is 341 g/mol. The van der Waals surface area contributed by atoms with E-state index in [0.29, 0.717) is 11.3 Å². The van der Waals surface area contributed by atoms with E-state index in [1.165, 1.54) is 0 Å². The number of anilines is 1. The van der Waals surface area contributed by atoms with Gasteiger partial charge in [0.2, 0.25) is 5.91 Å². The molecule has 5 nitrogen and oxygen atoms in total. The van der Waals surface area contributed by atoms with Crippen LogP contribution in [0.3, 0.4) is 0 Å². The first-order valence-corrected chi connectivity index (χ1v) is 8.39. The number of ketones is 1. The van der Waals surface area contributed by atoms with Gasteiger partial charge in [-0.3, -0.25) is 9.59 Å². The third-order valence-corrected chi connectivity index (χ3v) is 5.67. The van der Waals surface area contributed by atoms with E-state index in [1.54, 1.807) is 36.4 Å². The summed E-state index contributed by atoms with van der Waals surface area (Å²) in [5.74, 6) is -1.24. The molecule has 1 fully saturated rings. The molecule has 1 spiro atoms. The van der Waals surface area contributed by atoms with Crippen molar-refractivity contribution in [3.63, 3.8) is 0 Å². The number of carbonyl (C=O) groups excluding carboxylic acids is 2. The molecule has 2 unspecified atom stereocenters. The number of hydrogen-bond acceptors (Lipinski definition) is 4. The van der Waals surface area contributed by atoms with E-state index in [-0.39, 0.29) is 18.6 Å². The molecule has 1 saturated carbocycles. The highest BCUT2D eigenvalue weighted by molar-refractivity contribution is 6.11. The number of nitriles is 2. The minimum Gasteiger partial charge on any atom is -0.325 e. The zero-order chi connectivity index (χ0) is 18.4. The summed E-state index contributed by atoms with van der Waals surface area (Å²) in [6.45, 7) is 0. The summed E-state index contributed by atoms with van der Waals surface area (Å²) in [5, 5.41) is 23.1. The van der Waals surface area contributed by atoms with E-state index in [2.05, 4.69) is 17.5 Å². The Kier molecular flexibility index (Phi) is 3.42. The third-order valence-electron chi connectivity index (χ3n) is 5.67. The van der Waals surface area contributed by atoms with Gasteiger partial charge in [-0.25, -0.2) is 0 Å². The van der Waals surface area contributed by atoms with Crippen molar-refractivity contribution in [3.05, 3.63) is 65.7 Å². The van der Waals surface area contributed by atoms with Crippen molar-refractivity contribution < 1.29 is 9.59 Å². The molecule has 0 radical (unpaired) electrons. The number of amides is 1. The van der Waals surface area contributed by atoms with E-state index in [4.69, 9.17) is 0 Å². The minimum absolute atomic E-state index is 0.0718. The molecule has 1 amide bonds. The summed E-state index contributed by atoms with van der Waals surface area (Å²) in [6, 6.07) is 20.4. The zero-order valence-electron chi connectivity index (χ0n) is 13.9. The largest absolute Gasteiger partial charge is 0.325 e. The molecule has 2 atom stereocenters. The maximum absolute atomic E-state index is 13.1. The van der Waals surface area contributed by atoms with Crippen molar-refractivity contribution in [1.29, 1.82) is 10.5 Å². The van der Waals surface area contributed by atoms with Crippen molar-refractivity contribution in [2.45, 2.75) is 24.2 Å². The van der Waals surface area contributed by atoms with E-state index < -0.39 is 22.7 Å². The molecular weight excluding hydrogens is 326 g/mol. The van der Waals surface area contributed by atoms with Crippen molar-refractivity contribution >= 4 is 17.4 Å². The Hall–Kier alpha value is -3.44. The van der Waals surface area contributed by atoms with Crippen LogP contribution in [0.1, 0.15) is 29.9 Å². The summed E-state index contributed by atoms with van der Waals surface area (Å²) >= 11 is 0. The highest BCUT2D eigenvalue weighted by atomic mass is 16.2. The Bertz CT molecular complexity index is 986. The molecular formula is C21H15N3O2. The highest BCUT2D eigenvalue weighted by Gasteiger charge is 2.68. The molecule has 2 aromatic carbocycles. The molecule has 0 aromatic heterocycles. The summed E-state index contributed by atoms with van der Waals surface area (Å²) in [5.41, 5.74) is -1.32. The number of carbonyl (C=O) groups is 2. The maximum atomic E-state index is 13.1. The molecule has 5 heteroatoms. The smallest absolute Gasteiger partial charge is 0.238 e. The van der Waals surface area contributed by atoms with Gasteiger partial charge in [0.25, 0.3) is 0 Å². The second kappa shape index (κ2) is 5.54. The number of fused-ring (bicyclic) bond motifs is 2. The van der Waals surface area contributed by atoms with Crippen molar-refractivity contribution in [2.24, 2.45) is 5.41 Å². The molecule has 1 aliphatic heterocycles. The van der Waals surface area contributed by atoms with Crippen LogP contribution in [0.15, 0.2) is 54.6 Å². The number of para-hydroxylation sites is 1. The molecule has 26 heavy (non-hydrogen) atoms. The SMILES string of the molecule is N#CC1(C#N)C(c2ccccc2)CC(=O)CC12C(=O)Nc1ccccc12. The van der Waals surface area contributed by atoms with Crippen LogP contribution in [-0.2, 0) is 15.0 Å². The molecule has 0 saturated heterocycles. The van der Waals surface area contributed by atoms with Gasteiger partial charge in [0.1, 0.15) is 11.2 Å². The number of hydrogen-bond donors (Lipinski definition) is 1.